The Bertz CT molecular complexity index is 1020. The minimum Gasteiger partial charge on any atom is -0.361 e. The van der Waals surface area contributed by atoms with Gasteiger partial charge in [-0.2, -0.15) is 5.26 Å². The molecule has 1 aromatic carbocycles. The number of rotatable bonds is 11. The molecule has 2 fully saturated rings. The van der Waals surface area contributed by atoms with Crippen molar-refractivity contribution < 1.29 is 9.32 Å². The molecule has 2 aliphatic carbocycles. The van der Waals surface area contributed by atoms with Crippen molar-refractivity contribution in [3.05, 3.63) is 51.9 Å². The van der Waals surface area contributed by atoms with E-state index in [1.165, 1.54) is 48.8 Å². The van der Waals surface area contributed by atoms with Crippen LogP contribution in [0.15, 0.2) is 22.7 Å². The molecule has 0 bridgehead atoms. The monoisotopic (exact) mass is 446 g/mol. The minimum atomic E-state index is -0.0254. The van der Waals surface area contributed by atoms with Gasteiger partial charge in [0.05, 0.1) is 11.8 Å². The van der Waals surface area contributed by atoms with Crippen molar-refractivity contribution in [1.82, 2.24) is 5.16 Å². The van der Waals surface area contributed by atoms with Gasteiger partial charge in [0, 0.05) is 36.7 Å². The lowest BCUT2D eigenvalue weighted by Gasteiger charge is -2.35. The Kier molecular flexibility index (Phi) is 7.37. The Morgan fingerprint density at radius 1 is 1.21 bits per heavy atom. The molecule has 0 amide bonds. The van der Waals surface area contributed by atoms with E-state index in [1.54, 1.807) is 0 Å². The van der Waals surface area contributed by atoms with Crippen molar-refractivity contribution in [2.45, 2.75) is 103 Å². The number of aromatic nitrogens is 1. The molecule has 2 aliphatic rings. The normalized spacial score (nSPS) is 21.0. The summed E-state index contributed by atoms with van der Waals surface area (Å²) < 4.78 is 6.00. The molecule has 0 spiro atoms. The van der Waals surface area contributed by atoms with Crippen LogP contribution in [-0.4, -0.2) is 10.9 Å². The second-order valence-corrected chi connectivity index (χ2v) is 11.0. The van der Waals surface area contributed by atoms with Crippen molar-refractivity contribution in [2.75, 3.05) is 0 Å². The summed E-state index contributed by atoms with van der Waals surface area (Å²) >= 11 is 0. The average molecular weight is 447 g/mol. The zero-order valence-corrected chi connectivity index (χ0v) is 20.7. The Hall–Kier alpha value is -2.41. The predicted octanol–water partition coefficient (Wildman–Crippen LogP) is 7.30. The second-order valence-electron chi connectivity index (χ2n) is 11.0. The summed E-state index contributed by atoms with van der Waals surface area (Å²) in [4.78, 5) is 13.1. The lowest BCUT2D eigenvalue weighted by atomic mass is 9.69. The van der Waals surface area contributed by atoms with E-state index in [2.05, 4.69) is 57.1 Å². The summed E-state index contributed by atoms with van der Waals surface area (Å²) in [6.07, 6.45) is 8.03. The Labute approximate surface area is 198 Å². The molecule has 1 aromatic heterocycles. The van der Waals surface area contributed by atoms with E-state index >= 15 is 0 Å². The van der Waals surface area contributed by atoms with Gasteiger partial charge in [-0.15, -0.1) is 0 Å². The van der Waals surface area contributed by atoms with E-state index < -0.39 is 0 Å². The van der Waals surface area contributed by atoms with E-state index in [-0.39, 0.29) is 11.7 Å². The molecule has 1 atom stereocenters. The Morgan fingerprint density at radius 3 is 2.61 bits per heavy atom. The van der Waals surface area contributed by atoms with Gasteiger partial charge in [0.1, 0.15) is 11.5 Å². The summed E-state index contributed by atoms with van der Waals surface area (Å²) in [7, 11) is 0. The highest BCUT2D eigenvalue weighted by molar-refractivity contribution is 5.82. The van der Waals surface area contributed by atoms with Crippen LogP contribution in [0.5, 0.6) is 0 Å². The van der Waals surface area contributed by atoms with Crippen molar-refractivity contribution >= 4 is 5.78 Å². The summed E-state index contributed by atoms with van der Waals surface area (Å²) in [5.74, 6) is 3.83. The summed E-state index contributed by atoms with van der Waals surface area (Å²) in [6.45, 7) is 8.74. The molecule has 4 rings (SSSR count). The number of hydrogen-bond donors (Lipinski definition) is 0. The summed E-state index contributed by atoms with van der Waals surface area (Å²) in [5, 5.41) is 13.8. The van der Waals surface area contributed by atoms with Gasteiger partial charge in [-0.1, -0.05) is 42.8 Å². The topological polar surface area (TPSA) is 66.9 Å². The van der Waals surface area contributed by atoms with Crippen LogP contribution in [0.2, 0.25) is 0 Å². The molecule has 0 unspecified atom stereocenters. The highest BCUT2D eigenvalue weighted by atomic mass is 16.5. The fourth-order valence-corrected chi connectivity index (χ4v) is 5.68. The Balaban J connectivity index is 1.50. The van der Waals surface area contributed by atoms with E-state index in [4.69, 9.17) is 4.52 Å². The van der Waals surface area contributed by atoms with Crippen molar-refractivity contribution in [3.63, 3.8) is 0 Å². The molecular formula is C29H38N2O2. The van der Waals surface area contributed by atoms with Gasteiger partial charge >= 0.3 is 0 Å². The maximum atomic E-state index is 13.1. The first-order valence-electron chi connectivity index (χ1n) is 12.8. The van der Waals surface area contributed by atoms with Crippen LogP contribution < -0.4 is 0 Å². The van der Waals surface area contributed by atoms with Crippen molar-refractivity contribution in [3.8, 4) is 6.07 Å². The van der Waals surface area contributed by atoms with E-state index in [0.717, 1.165) is 28.9 Å². The van der Waals surface area contributed by atoms with Crippen LogP contribution in [0, 0.1) is 37.0 Å². The predicted molar refractivity (Wildman–Crippen MR) is 130 cm³/mol. The molecule has 4 nitrogen and oxygen atoms in total. The number of hydrogen-bond acceptors (Lipinski definition) is 4. The number of Topliss-reactive ketones (excluding diaryl/α,β-unsaturated/α-hetero) is 1. The minimum absolute atomic E-state index is 0.0254. The lowest BCUT2D eigenvalue weighted by molar-refractivity contribution is -0.118. The van der Waals surface area contributed by atoms with Gasteiger partial charge in [-0.05, 0) is 81.3 Å². The van der Waals surface area contributed by atoms with Crippen LogP contribution in [0.3, 0.4) is 0 Å². The highest BCUT2D eigenvalue weighted by Gasteiger charge is 2.41. The summed E-state index contributed by atoms with van der Waals surface area (Å²) in [5.41, 5.74) is 5.75. The van der Waals surface area contributed by atoms with Crippen LogP contribution in [0.25, 0.3) is 0 Å². The Morgan fingerprint density at radius 2 is 1.97 bits per heavy atom. The number of nitrogens with zero attached hydrogens (tertiary/aromatic N) is 2. The molecule has 1 heterocycles. The molecule has 2 saturated carbocycles. The molecular weight excluding hydrogens is 408 g/mol. The number of aryl methyl sites for hydroxylation is 2. The maximum absolute atomic E-state index is 13.1. The summed E-state index contributed by atoms with van der Waals surface area (Å²) in [6, 6.07) is 8.55. The third-order valence-corrected chi connectivity index (χ3v) is 7.53. The second kappa shape index (κ2) is 10.2. The van der Waals surface area contributed by atoms with Gasteiger partial charge in [0.2, 0.25) is 0 Å². The number of benzene rings is 1. The highest BCUT2D eigenvalue weighted by Crippen LogP contribution is 2.52. The molecule has 2 aromatic rings. The molecule has 33 heavy (non-hydrogen) atoms. The molecule has 176 valence electrons. The number of ketones is 1. The van der Waals surface area contributed by atoms with Gasteiger partial charge in [0.15, 0.2) is 0 Å². The van der Waals surface area contributed by atoms with Gasteiger partial charge in [-0.3, -0.25) is 4.79 Å². The lowest BCUT2D eigenvalue weighted by Crippen LogP contribution is -2.23. The van der Waals surface area contributed by atoms with Gasteiger partial charge < -0.3 is 4.52 Å². The maximum Gasteiger partial charge on any atom is 0.143 e. The standard InChI is InChI=1S/C29H38N2O2/c1-18(2)12-21-14-25(15-21)29-27(22-9-10-22)28(31-33-29)24(6-5-11-30)17-26(32)16-23-8-7-19(3)13-20(23)4/h7-8,13,18,21-22,24-25H,5-6,9-10,12,14-17H2,1-4H3/t21?,24-,25?/m0/s1. The van der Waals surface area contributed by atoms with E-state index in [0.29, 0.717) is 37.5 Å². The zero-order valence-electron chi connectivity index (χ0n) is 20.7. The molecule has 0 saturated heterocycles. The van der Waals surface area contributed by atoms with Gasteiger partial charge in [0.25, 0.3) is 0 Å². The quantitative estimate of drug-likeness (QED) is 0.363. The number of nitriles is 1. The fourth-order valence-electron chi connectivity index (χ4n) is 5.68. The zero-order chi connectivity index (χ0) is 23.5. The third-order valence-electron chi connectivity index (χ3n) is 7.53. The van der Waals surface area contributed by atoms with E-state index in [1.807, 2.05) is 0 Å². The largest absolute Gasteiger partial charge is 0.361 e. The van der Waals surface area contributed by atoms with Crippen molar-refractivity contribution in [2.24, 2.45) is 11.8 Å². The smallest absolute Gasteiger partial charge is 0.143 e. The molecule has 0 aliphatic heterocycles. The van der Waals surface area contributed by atoms with Crippen LogP contribution in [0.1, 0.15) is 117 Å². The van der Waals surface area contributed by atoms with Crippen molar-refractivity contribution in [1.29, 1.82) is 5.26 Å². The SMILES string of the molecule is Cc1ccc(CC(=O)C[C@H](CCC#N)c2noc(C3CC(CC(C)C)C3)c2C2CC2)c(C)c1. The number of carbonyl (C=O) groups is 1. The first kappa shape index (κ1) is 23.7. The molecule has 0 radical (unpaired) electrons. The number of carbonyl (C=O) groups excluding carboxylic acids is 1. The van der Waals surface area contributed by atoms with Gasteiger partial charge in [-0.25, -0.2) is 0 Å². The first-order chi connectivity index (χ1) is 15.9. The molecule has 4 heteroatoms. The van der Waals surface area contributed by atoms with E-state index in [9.17, 15) is 10.1 Å². The molecule has 0 N–H and O–H groups in total. The fraction of sp³-hybridized carbons (Fsp3) is 0.621. The van der Waals surface area contributed by atoms with Crippen LogP contribution in [-0.2, 0) is 11.2 Å². The average Bonchev–Trinajstić information content (AvgIpc) is 3.48. The first-order valence-corrected chi connectivity index (χ1v) is 12.8. The van der Waals surface area contributed by atoms with Crippen LogP contribution in [0.4, 0.5) is 0 Å². The third kappa shape index (κ3) is 5.75. The van der Waals surface area contributed by atoms with Crippen LogP contribution >= 0.6 is 0 Å².